The summed E-state index contributed by atoms with van der Waals surface area (Å²) in [5.74, 6) is 0. The van der Waals surface area contributed by atoms with Crippen molar-refractivity contribution >= 4 is 0 Å². The lowest BCUT2D eigenvalue weighted by molar-refractivity contribution is -0.135. The second-order valence-corrected chi connectivity index (χ2v) is 3.99. The van der Waals surface area contributed by atoms with E-state index in [4.69, 9.17) is 0 Å². The average Bonchev–Trinajstić information content (AvgIpc) is 2.17. The first kappa shape index (κ1) is 12.6. The normalized spacial score (nSPS) is 21.9. The number of halogens is 3. The van der Waals surface area contributed by atoms with Crippen molar-refractivity contribution in [3.05, 3.63) is 12.2 Å². The van der Waals surface area contributed by atoms with Gasteiger partial charge in [0.15, 0.2) is 0 Å². The van der Waals surface area contributed by atoms with Crippen molar-refractivity contribution in [1.29, 1.82) is 0 Å². The Labute approximate surface area is 88.7 Å². The molecule has 1 atom stereocenters. The molecule has 1 aliphatic rings. The Hall–Kier alpha value is -0.510. The quantitative estimate of drug-likeness (QED) is 0.554. The highest BCUT2D eigenvalue weighted by Gasteiger charge is 2.25. The third-order valence-electron chi connectivity index (χ3n) is 2.55. The van der Waals surface area contributed by atoms with Crippen LogP contribution in [0.1, 0.15) is 38.5 Å². The summed E-state index contributed by atoms with van der Waals surface area (Å²) in [6.45, 7) is 0.686. The molecule has 1 rings (SSSR count). The molecule has 1 unspecified atom stereocenters. The highest BCUT2D eigenvalue weighted by atomic mass is 19.4. The molecule has 0 spiro atoms. The van der Waals surface area contributed by atoms with Crippen molar-refractivity contribution in [3.63, 3.8) is 0 Å². The van der Waals surface area contributed by atoms with Crippen molar-refractivity contribution in [1.82, 2.24) is 5.32 Å². The van der Waals surface area contributed by atoms with Crippen molar-refractivity contribution in [2.75, 3.05) is 6.54 Å². The van der Waals surface area contributed by atoms with Crippen LogP contribution in [0.15, 0.2) is 12.2 Å². The van der Waals surface area contributed by atoms with Crippen LogP contribution in [-0.2, 0) is 0 Å². The van der Waals surface area contributed by atoms with Crippen molar-refractivity contribution in [3.8, 4) is 0 Å². The van der Waals surface area contributed by atoms with Crippen LogP contribution in [-0.4, -0.2) is 18.8 Å². The molecule has 4 heteroatoms. The minimum Gasteiger partial charge on any atom is -0.311 e. The van der Waals surface area contributed by atoms with Gasteiger partial charge < -0.3 is 5.32 Å². The second-order valence-electron chi connectivity index (χ2n) is 3.99. The summed E-state index contributed by atoms with van der Waals surface area (Å²) in [4.78, 5) is 0. The zero-order chi connectivity index (χ0) is 11.1. The van der Waals surface area contributed by atoms with Gasteiger partial charge in [-0.2, -0.15) is 13.2 Å². The zero-order valence-electron chi connectivity index (χ0n) is 8.82. The summed E-state index contributed by atoms with van der Waals surface area (Å²) in [5.41, 5.74) is 0. The molecule has 1 nitrogen and oxygen atoms in total. The van der Waals surface area contributed by atoms with Crippen LogP contribution >= 0.6 is 0 Å². The van der Waals surface area contributed by atoms with E-state index >= 15 is 0 Å². The van der Waals surface area contributed by atoms with Gasteiger partial charge in [0.25, 0.3) is 0 Å². The summed E-state index contributed by atoms with van der Waals surface area (Å²) in [6, 6.07) is 0.379. The second kappa shape index (κ2) is 6.16. The fourth-order valence-electron chi connectivity index (χ4n) is 1.72. The number of rotatable bonds is 5. The largest absolute Gasteiger partial charge is 0.389 e. The molecule has 0 heterocycles. The van der Waals surface area contributed by atoms with Crippen LogP contribution in [0, 0.1) is 0 Å². The number of hydrogen-bond donors (Lipinski definition) is 1. The average molecular weight is 221 g/mol. The summed E-state index contributed by atoms with van der Waals surface area (Å²) in [5, 5.41) is 3.25. The number of hydrogen-bond acceptors (Lipinski definition) is 1. The molecule has 0 amide bonds. The minimum atomic E-state index is -4.00. The highest BCUT2D eigenvalue weighted by molar-refractivity contribution is 4.97. The number of allylic oxidation sites excluding steroid dienone is 1. The van der Waals surface area contributed by atoms with Gasteiger partial charge in [0, 0.05) is 12.5 Å². The van der Waals surface area contributed by atoms with E-state index in [2.05, 4.69) is 17.5 Å². The smallest absolute Gasteiger partial charge is 0.311 e. The van der Waals surface area contributed by atoms with E-state index in [-0.39, 0.29) is 6.42 Å². The topological polar surface area (TPSA) is 12.0 Å². The van der Waals surface area contributed by atoms with Crippen molar-refractivity contribution in [2.45, 2.75) is 50.7 Å². The Morgan fingerprint density at radius 3 is 2.67 bits per heavy atom. The molecule has 0 aromatic carbocycles. The highest BCUT2D eigenvalue weighted by Crippen LogP contribution is 2.21. The monoisotopic (exact) mass is 221 g/mol. The fraction of sp³-hybridized carbons (Fsp3) is 0.818. The number of nitrogens with one attached hydrogen (secondary N) is 1. The minimum absolute atomic E-state index is 0.229. The first-order valence-electron chi connectivity index (χ1n) is 5.55. The third-order valence-corrected chi connectivity index (χ3v) is 2.55. The maximum atomic E-state index is 11.8. The van der Waals surface area contributed by atoms with Crippen LogP contribution < -0.4 is 5.32 Å². The predicted octanol–water partition coefficient (Wildman–Crippen LogP) is 3.42. The molecule has 1 aliphatic carbocycles. The van der Waals surface area contributed by atoms with E-state index in [9.17, 15) is 13.2 Å². The van der Waals surface area contributed by atoms with Gasteiger partial charge in [-0.05, 0) is 38.6 Å². The molecule has 88 valence electrons. The molecule has 15 heavy (non-hydrogen) atoms. The molecular weight excluding hydrogens is 203 g/mol. The maximum absolute atomic E-state index is 11.8. The molecule has 0 aromatic rings. The van der Waals surface area contributed by atoms with Crippen LogP contribution in [0.2, 0.25) is 0 Å². The third kappa shape index (κ3) is 6.55. The number of alkyl halides is 3. The molecule has 0 fully saturated rings. The molecule has 0 radical (unpaired) electrons. The van der Waals surface area contributed by atoms with Gasteiger partial charge in [0.1, 0.15) is 0 Å². The lowest BCUT2D eigenvalue weighted by atomic mass is 10.0. The van der Waals surface area contributed by atoms with Gasteiger partial charge in [-0.1, -0.05) is 12.2 Å². The first-order valence-corrected chi connectivity index (χ1v) is 5.55. The summed E-state index contributed by atoms with van der Waals surface area (Å²) in [7, 11) is 0. The van der Waals surface area contributed by atoms with E-state index in [1.165, 1.54) is 6.42 Å². The molecule has 0 saturated heterocycles. The Kier molecular flexibility index (Phi) is 5.15. The summed E-state index contributed by atoms with van der Waals surface area (Å²) in [6.07, 6.45) is 3.85. The van der Waals surface area contributed by atoms with Crippen molar-refractivity contribution in [2.24, 2.45) is 0 Å². The van der Waals surface area contributed by atoms with Gasteiger partial charge in [-0.15, -0.1) is 0 Å². The van der Waals surface area contributed by atoms with Gasteiger partial charge in [-0.3, -0.25) is 0 Å². The van der Waals surface area contributed by atoms with Gasteiger partial charge >= 0.3 is 6.18 Å². The van der Waals surface area contributed by atoms with Crippen LogP contribution in [0.5, 0.6) is 0 Å². The maximum Gasteiger partial charge on any atom is 0.389 e. The van der Waals surface area contributed by atoms with Crippen LogP contribution in [0.4, 0.5) is 13.2 Å². The fourth-order valence-corrected chi connectivity index (χ4v) is 1.72. The van der Waals surface area contributed by atoms with Crippen LogP contribution in [0.3, 0.4) is 0 Å². The molecule has 0 saturated carbocycles. The molecule has 0 aliphatic heterocycles. The van der Waals surface area contributed by atoms with E-state index in [1.807, 2.05) is 0 Å². The first-order chi connectivity index (χ1) is 7.08. The van der Waals surface area contributed by atoms with Crippen molar-refractivity contribution < 1.29 is 13.2 Å². The Bertz CT molecular complexity index is 198. The number of unbranched alkanes of at least 4 members (excludes halogenated alkanes) is 1. The summed E-state index contributed by atoms with van der Waals surface area (Å²) < 4.78 is 35.4. The van der Waals surface area contributed by atoms with Gasteiger partial charge in [-0.25, -0.2) is 0 Å². The van der Waals surface area contributed by atoms with E-state index in [0.29, 0.717) is 19.0 Å². The van der Waals surface area contributed by atoms with Gasteiger partial charge in [0.2, 0.25) is 0 Å². The molecule has 0 bridgehead atoms. The zero-order valence-corrected chi connectivity index (χ0v) is 8.82. The predicted molar refractivity (Wildman–Crippen MR) is 54.7 cm³/mol. The van der Waals surface area contributed by atoms with E-state index < -0.39 is 12.6 Å². The lowest BCUT2D eigenvalue weighted by Crippen LogP contribution is -2.29. The summed E-state index contributed by atoms with van der Waals surface area (Å²) >= 11 is 0. The Balaban J connectivity index is 1.97. The lowest BCUT2D eigenvalue weighted by Gasteiger charge is -2.17. The van der Waals surface area contributed by atoms with Gasteiger partial charge in [0.05, 0.1) is 0 Å². The Morgan fingerprint density at radius 2 is 2.07 bits per heavy atom. The van der Waals surface area contributed by atoms with Crippen LogP contribution in [0.25, 0.3) is 0 Å². The molecular formula is C11H18F3N. The standard InChI is InChI=1S/C11H18F3N/c12-11(13,14)8-4-5-9-15-10-6-2-1-3-7-10/h2,6,10,15H,1,3-5,7-9H2. The SMILES string of the molecule is FC(F)(F)CCCCNC1C=CCCC1. The van der Waals surface area contributed by atoms with E-state index in [1.54, 1.807) is 0 Å². The Morgan fingerprint density at radius 1 is 1.27 bits per heavy atom. The van der Waals surface area contributed by atoms with E-state index in [0.717, 1.165) is 12.8 Å². The molecule has 1 N–H and O–H groups in total. The molecule has 0 aromatic heterocycles.